The van der Waals surface area contributed by atoms with Gasteiger partial charge in [-0.25, -0.2) is 0 Å². The van der Waals surface area contributed by atoms with Crippen molar-refractivity contribution in [2.45, 2.75) is 57.6 Å². The summed E-state index contributed by atoms with van der Waals surface area (Å²) in [5, 5.41) is 18.2. The van der Waals surface area contributed by atoms with Gasteiger partial charge in [0.05, 0.1) is 5.60 Å². The van der Waals surface area contributed by atoms with Crippen molar-refractivity contribution in [3.8, 4) is 0 Å². The average Bonchev–Trinajstić information content (AvgIpc) is 3.00. The molecule has 1 aromatic heterocycles. The summed E-state index contributed by atoms with van der Waals surface area (Å²) in [4.78, 5) is 2.52. The van der Waals surface area contributed by atoms with E-state index in [4.69, 9.17) is 0 Å². The summed E-state index contributed by atoms with van der Waals surface area (Å²) in [7, 11) is 2.03. The Morgan fingerprint density at radius 2 is 1.92 bits per heavy atom. The molecule has 0 radical (unpaired) electrons. The van der Waals surface area contributed by atoms with Gasteiger partial charge in [0.2, 0.25) is 0 Å². The smallest absolute Gasteiger partial charge is 0.136 e. The first kappa shape index (κ1) is 18.1. The zero-order valence-corrected chi connectivity index (χ0v) is 15.6. The third-order valence-corrected chi connectivity index (χ3v) is 5.07. The SMILES string of the molecule is Cn1cnnc1[C@@H]1CCCN(Cc2ccc(CCC(C)(C)O)cc2)C1. The van der Waals surface area contributed by atoms with E-state index in [9.17, 15) is 5.11 Å². The van der Waals surface area contributed by atoms with Crippen LogP contribution in [-0.2, 0) is 20.0 Å². The number of aliphatic hydroxyl groups is 1. The summed E-state index contributed by atoms with van der Waals surface area (Å²) in [5.41, 5.74) is 2.05. The van der Waals surface area contributed by atoms with E-state index in [1.165, 1.54) is 24.0 Å². The van der Waals surface area contributed by atoms with E-state index in [1.54, 1.807) is 6.33 Å². The number of aromatic nitrogens is 3. The maximum atomic E-state index is 9.85. The first-order valence-electron chi connectivity index (χ1n) is 9.27. The largest absolute Gasteiger partial charge is 0.390 e. The molecule has 25 heavy (non-hydrogen) atoms. The fourth-order valence-electron chi connectivity index (χ4n) is 3.59. The second-order valence-corrected chi connectivity index (χ2v) is 8.00. The summed E-state index contributed by atoms with van der Waals surface area (Å²) in [5.74, 6) is 1.58. The highest BCUT2D eigenvalue weighted by Gasteiger charge is 2.24. The molecule has 5 heteroatoms. The zero-order valence-electron chi connectivity index (χ0n) is 15.6. The predicted octanol–water partition coefficient (Wildman–Crippen LogP) is 2.90. The first-order chi connectivity index (χ1) is 11.9. The van der Waals surface area contributed by atoms with Crippen LogP contribution in [0.5, 0.6) is 0 Å². The zero-order chi connectivity index (χ0) is 17.9. The second kappa shape index (κ2) is 7.67. The van der Waals surface area contributed by atoms with Crippen LogP contribution in [0.25, 0.3) is 0 Å². The summed E-state index contributed by atoms with van der Waals surface area (Å²) < 4.78 is 2.05. The molecule has 2 heterocycles. The van der Waals surface area contributed by atoms with Crippen molar-refractivity contribution in [1.29, 1.82) is 0 Å². The van der Waals surface area contributed by atoms with Gasteiger partial charge in [-0.05, 0) is 57.2 Å². The van der Waals surface area contributed by atoms with E-state index in [0.717, 1.165) is 38.3 Å². The topological polar surface area (TPSA) is 54.2 Å². The van der Waals surface area contributed by atoms with Gasteiger partial charge in [0.25, 0.3) is 0 Å². The van der Waals surface area contributed by atoms with Crippen LogP contribution in [-0.4, -0.2) is 43.5 Å². The molecule has 1 saturated heterocycles. The monoisotopic (exact) mass is 342 g/mol. The molecule has 3 rings (SSSR count). The quantitative estimate of drug-likeness (QED) is 0.877. The molecule has 1 aliphatic rings. The summed E-state index contributed by atoms with van der Waals surface area (Å²) in [6.45, 7) is 6.92. The molecule has 1 aromatic carbocycles. The second-order valence-electron chi connectivity index (χ2n) is 8.00. The van der Waals surface area contributed by atoms with E-state index in [2.05, 4.69) is 39.4 Å². The molecule has 0 spiro atoms. The average molecular weight is 342 g/mol. The third-order valence-electron chi connectivity index (χ3n) is 5.07. The highest BCUT2D eigenvalue weighted by atomic mass is 16.3. The fraction of sp³-hybridized carbons (Fsp3) is 0.600. The van der Waals surface area contributed by atoms with Gasteiger partial charge in [0, 0.05) is 26.1 Å². The number of hydrogen-bond donors (Lipinski definition) is 1. The van der Waals surface area contributed by atoms with Gasteiger partial charge in [-0.2, -0.15) is 0 Å². The lowest BCUT2D eigenvalue weighted by molar-refractivity contribution is 0.0714. The Morgan fingerprint density at radius 3 is 2.56 bits per heavy atom. The Kier molecular flexibility index (Phi) is 5.54. The number of hydrogen-bond acceptors (Lipinski definition) is 4. The number of likely N-dealkylation sites (tertiary alicyclic amines) is 1. The van der Waals surface area contributed by atoms with Crippen LogP contribution in [0.3, 0.4) is 0 Å². The Bertz CT molecular complexity index is 672. The van der Waals surface area contributed by atoms with E-state index in [0.29, 0.717) is 5.92 Å². The first-order valence-corrected chi connectivity index (χ1v) is 9.27. The van der Waals surface area contributed by atoms with Crippen molar-refractivity contribution >= 4 is 0 Å². The molecule has 2 aromatic rings. The Labute approximate surface area is 150 Å². The Balaban J connectivity index is 1.56. The van der Waals surface area contributed by atoms with Crippen molar-refractivity contribution < 1.29 is 5.11 Å². The molecule has 1 atom stereocenters. The van der Waals surface area contributed by atoms with Crippen LogP contribution in [0.1, 0.15) is 56.0 Å². The highest BCUT2D eigenvalue weighted by Crippen LogP contribution is 2.26. The van der Waals surface area contributed by atoms with Gasteiger partial charge < -0.3 is 9.67 Å². The van der Waals surface area contributed by atoms with Crippen molar-refractivity contribution in [2.75, 3.05) is 13.1 Å². The van der Waals surface area contributed by atoms with Crippen LogP contribution >= 0.6 is 0 Å². The van der Waals surface area contributed by atoms with Crippen molar-refractivity contribution in [3.63, 3.8) is 0 Å². The van der Waals surface area contributed by atoms with Crippen LogP contribution in [0.2, 0.25) is 0 Å². The molecule has 1 N–H and O–H groups in total. The molecule has 0 amide bonds. The van der Waals surface area contributed by atoms with Gasteiger partial charge in [-0.3, -0.25) is 4.90 Å². The van der Waals surface area contributed by atoms with E-state index in [-0.39, 0.29) is 0 Å². The minimum atomic E-state index is -0.596. The molecule has 1 aliphatic heterocycles. The van der Waals surface area contributed by atoms with Crippen molar-refractivity contribution in [2.24, 2.45) is 7.05 Å². The Hall–Kier alpha value is -1.72. The van der Waals surface area contributed by atoms with Crippen molar-refractivity contribution in [1.82, 2.24) is 19.7 Å². The van der Waals surface area contributed by atoms with E-state index < -0.39 is 5.60 Å². The summed E-state index contributed by atoms with van der Waals surface area (Å²) in [6, 6.07) is 8.85. The molecule has 136 valence electrons. The third kappa shape index (κ3) is 5.13. The molecule has 5 nitrogen and oxygen atoms in total. The van der Waals surface area contributed by atoms with Crippen LogP contribution < -0.4 is 0 Å². The molecular weight excluding hydrogens is 312 g/mol. The van der Waals surface area contributed by atoms with Gasteiger partial charge >= 0.3 is 0 Å². The van der Waals surface area contributed by atoms with Gasteiger partial charge in [-0.1, -0.05) is 24.3 Å². The predicted molar refractivity (Wildman–Crippen MR) is 99.3 cm³/mol. The summed E-state index contributed by atoms with van der Waals surface area (Å²) in [6.07, 6.45) is 5.90. The number of rotatable bonds is 6. The normalized spacial score (nSPS) is 19.3. The van der Waals surface area contributed by atoms with Crippen LogP contribution in [0.4, 0.5) is 0 Å². The number of benzene rings is 1. The molecule has 0 saturated carbocycles. The standard InChI is InChI=1S/C20H30N4O/c1-20(2,25)11-10-16-6-8-17(9-7-16)13-24-12-4-5-18(14-24)19-22-21-15-23(19)3/h6-9,15,18,25H,4-5,10-14H2,1-3H3/t18-/m1/s1. The summed E-state index contributed by atoms with van der Waals surface area (Å²) >= 11 is 0. The molecular formula is C20H30N4O. The number of aryl methyl sites for hydroxylation is 2. The van der Waals surface area contributed by atoms with Crippen LogP contribution in [0.15, 0.2) is 30.6 Å². The highest BCUT2D eigenvalue weighted by molar-refractivity contribution is 5.23. The molecule has 1 fully saturated rings. The lowest BCUT2D eigenvalue weighted by atomic mass is 9.96. The number of nitrogens with zero attached hydrogens (tertiary/aromatic N) is 4. The maximum Gasteiger partial charge on any atom is 0.136 e. The van der Waals surface area contributed by atoms with Gasteiger partial charge in [0.1, 0.15) is 12.2 Å². The van der Waals surface area contributed by atoms with Gasteiger partial charge in [0.15, 0.2) is 0 Å². The molecule has 0 aliphatic carbocycles. The van der Waals surface area contributed by atoms with E-state index in [1.807, 2.05) is 25.5 Å². The minimum Gasteiger partial charge on any atom is -0.390 e. The van der Waals surface area contributed by atoms with Gasteiger partial charge in [-0.15, -0.1) is 10.2 Å². The van der Waals surface area contributed by atoms with Crippen LogP contribution in [0, 0.1) is 0 Å². The number of piperidine rings is 1. The van der Waals surface area contributed by atoms with E-state index >= 15 is 0 Å². The molecule has 0 unspecified atom stereocenters. The lowest BCUT2D eigenvalue weighted by Crippen LogP contribution is -2.34. The van der Waals surface area contributed by atoms with Crippen molar-refractivity contribution in [3.05, 3.63) is 47.5 Å². The molecule has 0 bridgehead atoms. The minimum absolute atomic E-state index is 0.479. The maximum absolute atomic E-state index is 9.85. The fourth-order valence-corrected chi connectivity index (χ4v) is 3.59. The lowest BCUT2D eigenvalue weighted by Gasteiger charge is -2.32. The Morgan fingerprint density at radius 1 is 1.20 bits per heavy atom.